The van der Waals surface area contributed by atoms with Gasteiger partial charge in [-0.2, -0.15) is 36.4 Å². The van der Waals surface area contributed by atoms with Crippen LogP contribution in [0.15, 0.2) is 60.7 Å². The summed E-state index contributed by atoms with van der Waals surface area (Å²) in [4.78, 5) is 0. The van der Waals surface area contributed by atoms with E-state index in [1.807, 2.05) is 60.7 Å². The summed E-state index contributed by atoms with van der Waals surface area (Å²) in [7, 11) is 0. The van der Waals surface area contributed by atoms with Crippen LogP contribution in [0.1, 0.15) is 0 Å². The van der Waals surface area contributed by atoms with Crippen LogP contribution in [0.2, 0.25) is 0 Å². The van der Waals surface area contributed by atoms with Crippen LogP contribution in [0.4, 0.5) is 0 Å². The summed E-state index contributed by atoms with van der Waals surface area (Å²) >= 11 is 0. The van der Waals surface area contributed by atoms with E-state index < -0.39 is 0 Å². The Balaban J connectivity index is -0.0000000556. The van der Waals surface area contributed by atoms with Crippen LogP contribution in [-0.4, -0.2) is 11.0 Å². The molecule has 0 aromatic heterocycles. The van der Waals surface area contributed by atoms with Gasteiger partial charge in [0.1, 0.15) is 0 Å². The van der Waals surface area contributed by atoms with E-state index >= 15 is 0 Å². The largest absolute Gasteiger partial charge is 4.00 e. The molecule has 14 heavy (non-hydrogen) atoms. The molecule has 0 heterocycles. The van der Waals surface area contributed by atoms with Crippen molar-refractivity contribution in [3.63, 3.8) is 0 Å². The minimum absolute atomic E-state index is 0. The number of hydrogen-bond acceptors (Lipinski definition) is 0. The Hall–Kier alpha value is 0.367. The molecule has 2 rings (SSSR count). The summed E-state index contributed by atoms with van der Waals surface area (Å²) in [6, 6.07) is 20.0. The van der Waals surface area contributed by atoms with Gasteiger partial charge in [0.05, 0.1) is 0 Å². The molecule has 0 aliphatic heterocycles. The molecule has 2 aromatic rings. The van der Waals surface area contributed by atoms with Crippen molar-refractivity contribution in [2.45, 2.75) is 0 Å². The normalized spacial score (nSPS) is 5.71. The van der Waals surface area contributed by atoms with Crippen molar-refractivity contribution in [1.29, 1.82) is 0 Å². The van der Waals surface area contributed by atoms with Gasteiger partial charge in [-0.1, -0.05) is 0 Å². The SMILES string of the molecule is [Cl-].[Cl-].[Hf+4].[SiH3].c1cc[cH-]c1.c1cc[cH-]c1. The fourth-order valence-corrected chi connectivity index (χ4v) is 0.642. The predicted molar refractivity (Wildman–Crippen MR) is 54.0 cm³/mol. The van der Waals surface area contributed by atoms with E-state index in [0.717, 1.165) is 0 Å². The fourth-order valence-electron chi connectivity index (χ4n) is 0.642. The molecule has 0 aliphatic rings. The van der Waals surface area contributed by atoms with E-state index in [1.54, 1.807) is 0 Å². The standard InChI is InChI=1S/2C5H5.2ClH.Hf.H3Si/c2*1-2-4-5-3-1;;;;/h2*1-5H;2*1H;;1H3/q2*-1;;;+4;/p-2. The second kappa shape index (κ2) is 19.0. The first-order valence-corrected chi connectivity index (χ1v) is 3.33. The minimum atomic E-state index is 0. The molecule has 0 fully saturated rings. The second-order valence-electron chi connectivity index (χ2n) is 1.92. The molecule has 75 valence electrons. The van der Waals surface area contributed by atoms with Crippen LogP contribution in [0, 0.1) is 0 Å². The van der Waals surface area contributed by atoms with Gasteiger partial charge in [-0.05, 0) is 11.0 Å². The summed E-state index contributed by atoms with van der Waals surface area (Å²) < 4.78 is 0. The third kappa shape index (κ3) is 14.9. The quantitative estimate of drug-likeness (QED) is 0.304. The van der Waals surface area contributed by atoms with Crippen molar-refractivity contribution < 1.29 is 50.7 Å². The van der Waals surface area contributed by atoms with E-state index in [0.29, 0.717) is 0 Å². The number of rotatable bonds is 0. The summed E-state index contributed by atoms with van der Waals surface area (Å²) in [6.07, 6.45) is 0. The van der Waals surface area contributed by atoms with Gasteiger partial charge < -0.3 is 24.8 Å². The van der Waals surface area contributed by atoms with E-state index in [4.69, 9.17) is 0 Å². The van der Waals surface area contributed by atoms with Crippen molar-refractivity contribution in [2.75, 3.05) is 0 Å². The molecular formula is C10H13Cl2HfSi. The summed E-state index contributed by atoms with van der Waals surface area (Å²) in [5.74, 6) is 0. The molecule has 0 atom stereocenters. The molecule has 0 spiro atoms. The Labute approximate surface area is 121 Å². The molecule has 2 aromatic carbocycles. The minimum Gasteiger partial charge on any atom is -1.00 e. The Morgan fingerprint density at radius 3 is 0.857 bits per heavy atom. The third-order valence-electron chi connectivity index (χ3n) is 1.11. The average Bonchev–Trinajstić information content (AvgIpc) is 2.67. The van der Waals surface area contributed by atoms with E-state index in [1.165, 1.54) is 0 Å². The molecule has 1 radical (unpaired) electrons. The van der Waals surface area contributed by atoms with Gasteiger partial charge in [0.15, 0.2) is 0 Å². The predicted octanol–water partition coefficient (Wildman–Crippen LogP) is -4.37. The zero-order chi connectivity index (χ0) is 7.07. The van der Waals surface area contributed by atoms with Gasteiger partial charge in [0, 0.05) is 0 Å². The Kier molecular flexibility index (Phi) is 32.5. The smallest absolute Gasteiger partial charge is 1.00 e. The van der Waals surface area contributed by atoms with E-state index in [-0.39, 0.29) is 61.6 Å². The van der Waals surface area contributed by atoms with Crippen molar-refractivity contribution in [1.82, 2.24) is 0 Å². The maximum atomic E-state index is 2.00. The molecule has 0 N–H and O–H groups in total. The third-order valence-corrected chi connectivity index (χ3v) is 1.11. The number of hydrogen-bond donors (Lipinski definition) is 0. The van der Waals surface area contributed by atoms with Crippen molar-refractivity contribution >= 4 is 11.0 Å². The van der Waals surface area contributed by atoms with Crippen LogP contribution in [0.25, 0.3) is 0 Å². The maximum absolute atomic E-state index is 2.00. The summed E-state index contributed by atoms with van der Waals surface area (Å²) in [6.45, 7) is 0. The van der Waals surface area contributed by atoms with Crippen molar-refractivity contribution in [2.24, 2.45) is 0 Å². The van der Waals surface area contributed by atoms with Crippen LogP contribution in [0.5, 0.6) is 0 Å². The fraction of sp³-hybridized carbons (Fsp3) is 0. The Morgan fingerprint density at radius 1 is 0.571 bits per heavy atom. The second-order valence-corrected chi connectivity index (χ2v) is 1.92. The first-order chi connectivity index (χ1) is 5.00. The van der Waals surface area contributed by atoms with E-state index in [2.05, 4.69) is 0 Å². The van der Waals surface area contributed by atoms with Gasteiger partial charge >= 0.3 is 25.8 Å². The summed E-state index contributed by atoms with van der Waals surface area (Å²) in [5, 5.41) is 0. The first kappa shape index (κ1) is 23.9. The van der Waals surface area contributed by atoms with Crippen LogP contribution in [-0.2, 0) is 25.8 Å². The van der Waals surface area contributed by atoms with Crippen molar-refractivity contribution in [3.05, 3.63) is 60.7 Å². The topological polar surface area (TPSA) is 0 Å². The monoisotopic (exact) mass is 411 g/mol. The molecule has 0 amide bonds. The molecular weight excluding hydrogens is 398 g/mol. The molecule has 0 unspecified atom stereocenters. The molecule has 0 saturated heterocycles. The molecule has 4 heteroatoms. The molecule has 0 aliphatic carbocycles. The molecule has 0 bridgehead atoms. The van der Waals surface area contributed by atoms with Gasteiger partial charge in [-0.15, -0.1) is 0 Å². The maximum Gasteiger partial charge on any atom is 4.00 e. The van der Waals surface area contributed by atoms with Crippen LogP contribution in [0.3, 0.4) is 0 Å². The van der Waals surface area contributed by atoms with Gasteiger partial charge in [0.2, 0.25) is 0 Å². The average molecular weight is 411 g/mol. The van der Waals surface area contributed by atoms with Crippen LogP contribution >= 0.6 is 0 Å². The zero-order valence-corrected chi connectivity index (χ0v) is 15.1. The first-order valence-electron chi connectivity index (χ1n) is 3.33. The van der Waals surface area contributed by atoms with Gasteiger partial charge in [-0.3, -0.25) is 0 Å². The summed E-state index contributed by atoms with van der Waals surface area (Å²) in [5.41, 5.74) is 0. The number of halogens is 2. The zero-order valence-electron chi connectivity index (χ0n) is 8.03. The Bertz CT molecular complexity index is 157. The van der Waals surface area contributed by atoms with E-state index in [9.17, 15) is 0 Å². The molecule has 0 saturated carbocycles. The Morgan fingerprint density at radius 2 is 0.786 bits per heavy atom. The van der Waals surface area contributed by atoms with Gasteiger partial charge in [-0.25, -0.2) is 24.3 Å². The van der Waals surface area contributed by atoms with Gasteiger partial charge in [0.25, 0.3) is 0 Å². The van der Waals surface area contributed by atoms with Crippen molar-refractivity contribution in [3.8, 4) is 0 Å². The van der Waals surface area contributed by atoms with Crippen LogP contribution < -0.4 is 24.8 Å². The molecule has 0 nitrogen and oxygen atoms in total.